The largest absolute Gasteiger partial charge is 0.382 e. The van der Waals surface area contributed by atoms with Gasteiger partial charge in [-0.3, -0.25) is 4.79 Å². The number of hydrogen-bond acceptors (Lipinski definition) is 4. The molecule has 2 rings (SSSR count). The van der Waals surface area contributed by atoms with E-state index in [1.807, 2.05) is 0 Å². The molecule has 0 bridgehead atoms. The molecule has 0 fully saturated rings. The van der Waals surface area contributed by atoms with E-state index in [4.69, 9.17) is 5.73 Å². The smallest absolute Gasteiger partial charge is 0.274 e. The molecule has 7 heteroatoms. The molecule has 0 aliphatic carbocycles. The van der Waals surface area contributed by atoms with Crippen LogP contribution in [0.4, 0.5) is 14.6 Å². The van der Waals surface area contributed by atoms with Gasteiger partial charge in [-0.15, -0.1) is 0 Å². The van der Waals surface area contributed by atoms with Crippen LogP contribution in [0.1, 0.15) is 29.0 Å². The zero-order valence-electron chi connectivity index (χ0n) is 10.6. The number of halogens is 2. The Balaban J connectivity index is 2.17. The van der Waals surface area contributed by atoms with Gasteiger partial charge in [0.05, 0.1) is 6.04 Å². The highest BCUT2D eigenvalue weighted by Gasteiger charge is 2.18. The van der Waals surface area contributed by atoms with Crippen LogP contribution in [0.2, 0.25) is 0 Å². The number of benzene rings is 1. The van der Waals surface area contributed by atoms with Crippen LogP contribution in [0.15, 0.2) is 30.6 Å². The van der Waals surface area contributed by atoms with Crippen LogP contribution in [0.5, 0.6) is 0 Å². The molecule has 0 spiro atoms. The third kappa shape index (κ3) is 2.87. The molecule has 0 aliphatic heterocycles. The van der Waals surface area contributed by atoms with Crippen LogP contribution in [-0.4, -0.2) is 15.9 Å². The number of rotatable bonds is 3. The molecule has 2 aromatic rings. The highest BCUT2D eigenvalue weighted by Crippen LogP contribution is 2.18. The van der Waals surface area contributed by atoms with Gasteiger partial charge in [0.15, 0.2) is 11.5 Å². The van der Waals surface area contributed by atoms with Crippen molar-refractivity contribution in [1.29, 1.82) is 0 Å². The molecule has 0 saturated heterocycles. The summed E-state index contributed by atoms with van der Waals surface area (Å²) in [6, 6.07) is 2.49. The fourth-order valence-corrected chi connectivity index (χ4v) is 1.72. The van der Waals surface area contributed by atoms with E-state index in [0.29, 0.717) is 0 Å². The van der Waals surface area contributed by atoms with Gasteiger partial charge < -0.3 is 11.1 Å². The van der Waals surface area contributed by atoms with Gasteiger partial charge in [-0.2, -0.15) is 0 Å². The summed E-state index contributed by atoms with van der Waals surface area (Å²) >= 11 is 0. The van der Waals surface area contributed by atoms with E-state index in [-0.39, 0.29) is 17.1 Å². The lowest BCUT2D eigenvalue weighted by Gasteiger charge is -2.15. The quantitative estimate of drug-likeness (QED) is 0.897. The average Bonchev–Trinajstić information content (AvgIpc) is 2.38. The van der Waals surface area contributed by atoms with Crippen LogP contribution >= 0.6 is 0 Å². The van der Waals surface area contributed by atoms with Crippen molar-refractivity contribution in [3.8, 4) is 0 Å². The molecule has 20 heavy (non-hydrogen) atoms. The summed E-state index contributed by atoms with van der Waals surface area (Å²) in [6.45, 7) is 1.57. The lowest BCUT2D eigenvalue weighted by atomic mass is 10.1. The van der Waals surface area contributed by atoms with E-state index in [1.165, 1.54) is 18.5 Å². The summed E-state index contributed by atoms with van der Waals surface area (Å²) in [6.07, 6.45) is 2.68. The number of nitrogens with one attached hydrogen (secondary N) is 1. The normalized spacial score (nSPS) is 11.9. The lowest BCUT2D eigenvalue weighted by molar-refractivity contribution is 0.0935. The molecule has 3 N–H and O–H groups in total. The van der Waals surface area contributed by atoms with Gasteiger partial charge in [-0.05, 0) is 13.0 Å². The Hall–Kier alpha value is -2.57. The zero-order valence-corrected chi connectivity index (χ0v) is 10.6. The molecule has 1 heterocycles. The molecule has 5 nitrogen and oxygen atoms in total. The van der Waals surface area contributed by atoms with Gasteiger partial charge in [-0.25, -0.2) is 18.7 Å². The molecule has 0 radical (unpaired) electrons. The van der Waals surface area contributed by atoms with Crippen molar-refractivity contribution >= 4 is 11.7 Å². The number of hydrogen-bond donors (Lipinski definition) is 2. The first-order chi connectivity index (χ1) is 9.49. The second-order valence-corrected chi connectivity index (χ2v) is 4.15. The van der Waals surface area contributed by atoms with Crippen molar-refractivity contribution in [3.05, 3.63) is 53.5 Å². The highest BCUT2D eigenvalue weighted by molar-refractivity contribution is 5.96. The molecule has 0 saturated carbocycles. The summed E-state index contributed by atoms with van der Waals surface area (Å²) in [7, 11) is 0. The Kier molecular flexibility index (Phi) is 3.88. The van der Waals surface area contributed by atoms with Crippen LogP contribution < -0.4 is 11.1 Å². The summed E-state index contributed by atoms with van der Waals surface area (Å²) in [4.78, 5) is 19.5. The van der Waals surface area contributed by atoms with E-state index >= 15 is 0 Å². The van der Waals surface area contributed by atoms with Gasteiger partial charge in [0, 0.05) is 24.0 Å². The SMILES string of the molecule is C[C@@H](NC(=O)c1nccnc1N)c1ccc(F)cc1F. The first kappa shape index (κ1) is 13.9. The van der Waals surface area contributed by atoms with Crippen molar-refractivity contribution in [3.63, 3.8) is 0 Å². The Labute approximate surface area is 113 Å². The summed E-state index contributed by atoms with van der Waals surface area (Å²) in [5.41, 5.74) is 5.66. The molecule has 104 valence electrons. The Morgan fingerprint density at radius 2 is 2.00 bits per heavy atom. The minimum absolute atomic E-state index is 0.0169. The van der Waals surface area contributed by atoms with Crippen molar-refractivity contribution in [2.24, 2.45) is 0 Å². The van der Waals surface area contributed by atoms with Gasteiger partial charge >= 0.3 is 0 Å². The average molecular weight is 278 g/mol. The van der Waals surface area contributed by atoms with Gasteiger partial charge in [0.2, 0.25) is 0 Å². The first-order valence-corrected chi connectivity index (χ1v) is 5.81. The maximum atomic E-state index is 13.6. The monoisotopic (exact) mass is 278 g/mol. The molecule has 1 aromatic heterocycles. The number of anilines is 1. The number of nitrogens with two attached hydrogens (primary N) is 1. The predicted octanol–water partition coefficient (Wildman–Crippen LogP) is 1.83. The second kappa shape index (κ2) is 5.60. The number of amides is 1. The summed E-state index contributed by atoms with van der Waals surface area (Å²) < 4.78 is 26.4. The number of aromatic nitrogens is 2. The third-order valence-corrected chi connectivity index (χ3v) is 2.72. The number of nitrogen functional groups attached to an aromatic ring is 1. The fraction of sp³-hybridized carbons (Fsp3) is 0.154. The highest BCUT2D eigenvalue weighted by atomic mass is 19.1. The molecular weight excluding hydrogens is 266 g/mol. The van der Waals surface area contributed by atoms with Gasteiger partial charge in [0.25, 0.3) is 5.91 Å². The van der Waals surface area contributed by atoms with E-state index in [2.05, 4.69) is 15.3 Å². The minimum atomic E-state index is -0.732. The molecule has 1 aromatic carbocycles. The van der Waals surface area contributed by atoms with Crippen molar-refractivity contribution in [2.75, 3.05) is 5.73 Å². The predicted molar refractivity (Wildman–Crippen MR) is 68.7 cm³/mol. The van der Waals surface area contributed by atoms with Crippen LogP contribution in [-0.2, 0) is 0 Å². The van der Waals surface area contributed by atoms with Crippen molar-refractivity contribution in [1.82, 2.24) is 15.3 Å². The Morgan fingerprint density at radius 1 is 1.30 bits per heavy atom. The van der Waals surface area contributed by atoms with Crippen LogP contribution in [0, 0.1) is 11.6 Å². The topological polar surface area (TPSA) is 80.9 Å². The maximum absolute atomic E-state index is 13.6. The summed E-state index contributed by atoms with van der Waals surface area (Å²) in [5.74, 6) is -2.00. The fourth-order valence-electron chi connectivity index (χ4n) is 1.72. The van der Waals surface area contributed by atoms with E-state index in [9.17, 15) is 13.6 Å². The van der Waals surface area contributed by atoms with E-state index < -0.39 is 23.6 Å². The van der Waals surface area contributed by atoms with Crippen molar-refractivity contribution < 1.29 is 13.6 Å². The Bertz CT molecular complexity index is 648. The number of carbonyl (C=O) groups excluding carboxylic acids is 1. The van der Waals surface area contributed by atoms with E-state index in [0.717, 1.165) is 12.1 Å². The molecular formula is C13H12F2N4O. The molecule has 0 aliphatic rings. The standard InChI is InChI=1S/C13H12F2N4O/c1-7(9-3-2-8(14)6-10(9)15)19-13(20)11-12(16)18-5-4-17-11/h2-7H,1H3,(H2,16,18)(H,19,20)/t7-/m1/s1. The minimum Gasteiger partial charge on any atom is -0.382 e. The van der Waals surface area contributed by atoms with E-state index in [1.54, 1.807) is 6.92 Å². The van der Waals surface area contributed by atoms with Gasteiger partial charge in [-0.1, -0.05) is 6.07 Å². The van der Waals surface area contributed by atoms with Crippen LogP contribution in [0.25, 0.3) is 0 Å². The summed E-state index contributed by atoms with van der Waals surface area (Å²) in [5, 5.41) is 2.53. The molecule has 1 atom stereocenters. The molecule has 1 amide bonds. The van der Waals surface area contributed by atoms with Gasteiger partial charge in [0.1, 0.15) is 11.6 Å². The van der Waals surface area contributed by atoms with Crippen LogP contribution in [0.3, 0.4) is 0 Å². The Morgan fingerprint density at radius 3 is 2.65 bits per heavy atom. The first-order valence-electron chi connectivity index (χ1n) is 5.81. The maximum Gasteiger partial charge on any atom is 0.274 e. The number of carbonyl (C=O) groups is 1. The van der Waals surface area contributed by atoms with Crippen molar-refractivity contribution in [2.45, 2.75) is 13.0 Å². The lowest BCUT2D eigenvalue weighted by Crippen LogP contribution is -2.29. The zero-order chi connectivity index (χ0) is 14.7. The molecule has 0 unspecified atom stereocenters. The number of nitrogens with zero attached hydrogens (tertiary/aromatic N) is 2. The second-order valence-electron chi connectivity index (χ2n) is 4.15. The third-order valence-electron chi connectivity index (χ3n) is 2.72.